The van der Waals surface area contributed by atoms with E-state index in [1.807, 2.05) is 30.3 Å². The largest absolute Gasteiger partial charge is 0.389 e. The van der Waals surface area contributed by atoms with Crippen LogP contribution in [0.4, 0.5) is 11.8 Å². The van der Waals surface area contributed by atoms with Gasteiger partial charge in [0.25, 0.3) is 0 Å². The number of hydrogen-bond acceptors (Lipinski definition) is 8. The number of nitrogens with one attached hydrogen (secondary N) is 2. The lowest BCUT2D eigenvalue weighted by Gasteiger charge is -2.23. The van der Waals surface area contributed by atoms with Gasteiger partial charge in [-0.15, -0.1) is 0 Å². The van der Waals surface area contributed by atoms with Crippen molar-refractivity contribution in [1.29, 1.82) is 0 Å². The second-order valence-electron chi connectivity index (χ2n) is 8.40. The number of nitrogens with zero attached hydrogens (tertiary/aromatic N) is 7. The second-order valence-corrected chi connectivity index (χ2v) is 8.40. The van der Waals surface area contributed by atoms with Gasteiger partial charge >= 0.3 is 0 Å². The molecule has 0 saturated heterocycles. The van der Waals surface area contributed by atoms with Crippen LogP contribution < -0.4 is 10.6 Å². The topological polar surface area (TPSA) is 174 Å². The molecule has 2 fully saturated rings. The van der Waals surface area contributed by atoms with Crippen molar-refractivity contribution in [2.45, 2.75) is 31.1 Å². The summed E-state index contributed by atoms with van der Waals surface area (Å²) in [7, 11) is 1.51. The summed E-state index contributed by atoms with van der Waals surface area (Å²) >= 11 is 0. The van der Waals surface area contributed by atoms with Gasteiger partial charge in [0.15, 0.2) is 11.5 Å². The molecule has 2 aliphatic rings. The number of fused-ring (bicyclic) bond motifs is 2. The van der Waals surface area contributed by atoms with E-state index in [1.165, 1.54) is 13.4 Å². The second kappa shape index (κ2) is 8.00. The monoisotopic (exact) mass is 449 g/mol. The summed E-state index contributed by atoms with van der Waals surface area (Å²) < 4.78 is 1.64. The van der Waals surface area contributed by atoms with Crippen LogP contribution in [0.3, 0.4) is 0 Å². The molecule has 2 saturated carbocycles. The van der Waals surface area contributed by atoms with E-state index in [-0.39, 0.29) is 17.8 Å². The quantitative estimate of drug-likeness (QED) is 0.240. The zero-order valence-electron chi connectivity index (χ0n) is 17.8. The minimum Gasteiger partial charge on any atom is -0.389 e. The summed E-state index contributed by atoms with van der Waals surface area (Å²) in [6, 6.07) is 9.34. The van der Waals surface area contributed by atoms with Gasteiger partial charge in [0.1, 0.15) is 11.6 Å². The normalized spacial score (nSPS) is 27.6. The third kappa shape index (κ3) is 3.27. The first-order valence-corrected chi connectivity index (χ1v) is 10.7. The molecule has 0 radical (unpaired) electrons. The van der Waals surface area contributed by atoms with Gasteiger partial charge in [-0.2, -0.15) is 0 Å². The molecule has 170 valence electrons. The first kappa shape index (κ1) is 21.1. The Hall–Kier alpha value is -3.73. The highest BCUT2D eigenvalue weighted by molar-refractivity contribution is 5.88. The number of rotatable bonds is 7. The van der Waals surface area contributed by atoms with Crippen LogP contribution in [-0.4, -0.2) is 61.4 Å². The summed E-state index contributed by atoms with van der Waals surface area (Å²) in [6.45, 7) is 0.561. The molecule has 2 heterocycles. The number of azide groups is 1. The zero-order chi connectivity index (χ0) is 23.2. The highest BCUT2D eigenvalue weighted by atomic mass is 16.3. The van der Waals surface area contributed by atoms with Gasteiger partial charge in [0.05, 0.1) is 23.9 Å². The van der Waals surface area contributed by atoms with E-state index in [0.29, 0.717) is 29.9 Å². The molecular weight excluding hydrogens is 426 g/mol. The summed E-state index contributed by atoms with van der Waals surface area (Å²) in [6.07, 6.45) is 0.331. The van der Waals surface area contributed by atoms with E-state index >= 15 is 0 Å². The van der Waals surface area contributed by atoms with Gasteiger partial charge in [-0.25, -0.2) is 15.0 Å². The van der Waals surface area contributed by atoms with Crippen LogP contribution in [0.25, 0.3) is 21.6 Å². The Kier molecular flexibility index (Phi) is 5.12. The molecule has 0 spiro atoms. The number of carbonyl (C=O) groups excluding carboxylic acids is 1. The number of aliphatic hydroxyl groups excluding tert-OH is 2. The third-order valence-electron chi connectivity index (χ3n) is 6.74. The van der Waals surface area contributed by atoms with E-state index in [4.69, 9.17) is 5.53 Å². The highest BCUT2D eigenvalue weighted by Gasteiger charge is 2.75. The molecule has 0 bridgehead atoms. The minimum absolute atomic E-state index is 0.0876. The van der Waals surface area contributed by atoms with Crippen LogP contribution in [-0.2, 0) is 11.2 Å². The third-order valence-corrected chi connectivity index (χ3v) is 6.74. The van der Waals surface area contributed by atoms with E-state index in [0.717, 1.165) is 12.0 Å². The number of aromatic nitrogens is 4. The average molecular weight is 449 g/mol. The maximum absolute atomic E-state index is 12.4. The van der Waals surface area contributed by atoms with Crippen LogP contribution in [0.5, 0.6) is 0 Å². The van der Waals surface area contributed by atoms with Crippen LogP contribution >= 0.6 is 0 Å². The predicted octanol–water partition coefficient (Wildman–Crippen LogP) is 1.45. The van der Waals surface area contributed by atoms with Crippen molar-refractivity contribution in [2.75, 3.05) is 18.9 Å². The van der Waals surface area contributed by atoms with Gasteiger partial charge in [-0.05, 0) is 29.1 Å². The Labute approximate surface area is 188 Å². The van der Waals surface area contributed by atoms with Crippen molar-refractivity contribution in [1.82, 2.24) is 24.8 Å². The molecule has 3 aromatic rings. The fourth-order valence-electron chi connectivity index (χ4n) is 5.09. The van der Waals surface area contributed by atoms with Gasteiger partial charge in [0, 0.05) is 24.4 Å². The maximum atomic E-state index is 12.4. The van der Waals surface area contributed by atoms with E-state index in [2.05, 4.69) is 35.6 Å². The lowest BCUT2D eigenvalue weighted by Crippen LogP contribution is -2.41. The van der Waals surface area contributed by atoms with Crippen LogP contribution in [0.1, 0.15) is 18.0 Å². The van der Waals surface area contributed by atoms with Crippen LogP contribution in [0, 0.1) is 11.3 Å². The minimum atomic E-state index is -1.20. The number of hydrogen-bond donors (Lipinski definition) is 4. The Morgan fingerprint density at radius 1 is 1.33 bits per heavy atom. The number of aliphatic hydroxyl groups is 2. The van der Waals surface area contributed by atoms with E-state index in [9.17, 15) is 15.0 Å². The first-order valence-electron chi connectivity index (χ1n) is 10.7. The highest BCUT2D eigenvalue weighted by Crippen LogP contribution is 2.67. The number of imidazole rings is 1. The van der Waals surface area contributed by atoms with Gasteiger partial charge in [-0.3, -0.25) is 4.79 Å². The van der Waals surface area contributed by atoms with Crippen molar-refractivity contribution >= 4 is 28.8 Å². The number of anilines is 1. The van der Waals surface area contributed by atoms with Crippen LogP contribution in [0.15, 0.2) is 41.8 Å². The molecule has 1 aromatic carbocycles. The Morgan fingerprint density at radius 3 is 2.85 bits per heavy atom. The first-order chi connectivity index (χ1) is 16.0. The molecule has 5 atom stereocenters. The summed E-state index contributed by atoms with van der Waals surface area (Å²) in [5.41, 5.74) is 9.83. The summed E-state index contributed by atoms with van der Waals surface area (Å²) in [4.78, 5) is 28.3. The Morgan fingerprint density at radius 2 is 2.12 bits per heavy atom. The molecule has 0 aliphatic heterocycles. The Balaban J connectivity index is 1.49. The number of amides is 1. The molecule has 1 amide bonds. The van der Waals surface area contributed by atoms with E-state index in [1.54, 1.807) is 4.57 Å². The number of carbonyl (C=O) groups is 1. The smallest absolute Gasteiger partial charge is 0.229 e. The molecular formula is C21H23N9O3. The summed E-state index contributed by atoms with van der Waals surface area (Å²) in [5.74, 6) is -0.250. The maximum Gasteiger partial charge on any atom is 0.229 e. The van der Waals surface area contributed by atoms with Crippen LogP contribution in [0.2, 0.25) is 0 Å². The molecule has 12 nitrogen and oxygen atoms in total. The van der Waals surface area contributed by atoms with Gasteiger partial charge < -0.3 is 25.4 Å². The molecule has 12 heteroatoms. The SMILES string of the molecule is CNC(=O)[C@]12CC1[C@@H](n1cnc3c(NCCc4ccccc4)nc(N=[N+]=[N-])nc31)[C@H](O)C2O. The zero-order valence-corrected chi connectivity index (χ0v) is 17.8. The molecule has 5 rings (SSSR count). The van der Waals surface area contributed by atoms with Crippen molar-refractivity contribution in [3.8, 4) is 0 Å². The van der Waals surface area contributed by atoms with Gasteiger partial charge in [-0.1, -0.05) is 30.3 Å². The molecule has 33 heavy (non-hydrogen) atoms. The molecule has 2 unspecified atom stereocenters. The van der Waals surface area contributed by atoms with Crippen molar-refractivity contribution in [2.24, 2.45) is 16.4 Å². The standard InChI is InChI=1S/C21H23N9O3/c1-23-19(33)21-9-12(21)14(15(31)16(21)32)30-10-25-13-17(26-20(28-29-22)27-18(13)30)24-8-7-11-5-3-2-4-6-11/h2-6,10,12,14-16,31-32H,7-9H2,1H3,(H,23,33)(H,24,26,27)/t12?,14-,15+,16?,21-/m1/s1. The number of benzene rings is 1. The Bertz CT molecular complexity index is 1260. The predicted molar refractivity (Wildman–Crippen MR) is 118 cm³/mol. The summed E-state index contributed by atoms with van der Waals surface area (Å²) in [5, 5.41) is 30.8. The van der Waals surface area contributed by atoms with E-state index < -0.39 is 23.7 Å². The fraction of sp³-hybridized carbons (Fsp3) is 0.429. The molecule has 2 aromatic heterocycles. The lowest BCUT2D eigenvalue weighted by molar-refractivity contribution is -0.132. The lowest BCUT2D eigenvalue weighted by atomic mass is 9.98. The average Bonchev–Trinajstić information content (AvgIpc) is 3.36. The van der Waals surface area contributed by atoms with Crippen molar-refractivity contribution < 1.29 is 15.0 Å². The van der Waals surface area contributed by atoms with Crippen molar-refractivity contribution in [3.05, 3.63) is 52.7 Å². The van der Waals surface area contributed by atoms with Crippen molar-refractivity contribution in [3.63, 3.8) is 0 Å². The molecule has 4 N–H and O–H groups in total. The molecule has 2 aliphatic carbocycles. The van der Waals surface area contributed by atoms with Gasteiger partial charge in [0.2, 0.25) is 11.9 Å². The fourth-order valence-corrected chi connectivity index (χ4v) is 5.09.